The fraction of sp³-hybridized carbons (Fsp3) is 1.00. The maximum absolute atomic E-state index is 6.00. The third-order valence-corrected chi connectivity index (χ3v) is 0.558. The molecule has 0 fully saturated rings. The minimum absolute atomic E-state index is 0.844. The highest BCUT2D eigenvalue weighted by Gasteiger charge is 1.67. The molecule has 0 aliphatic rings. The van der Waals surface area contributed by atoms with Crippen LogP contribution in [0.25, 0.3) is 0 Å². The van der Waals surface area contributed by atoms with Crippen LogP contribution in [0.5, 0.6) is 0 Å². The quantitative estimate of drug-likeness (QED) is 0.360. The van der Waals surface area contributed by atoms with Crippen LogP contribution in [0.1, 0.15) is 19.8 Å². The van der Waals surface area contributed by atoms with Gasteiger partial charge in [0.25, 0.3) is 0 Å². The van der Waals surface area contributed by atoms with E-state index < -0.39 is 0 Å². The Kier molecular flexibility index (Phi) is 24.1. The molecule has 4 N–H and O–H groups in total. The molecule has 0 aromatic rings. The minimum Gasteiger partial charge on any atom is -0.330 e. The summed E-state index contributed by atoms with van der Waals surface area (Å²) in [4.78, 5) is 0. The van der Waals surface area contributed by atoms with E-state index in [0.29, 0.717) is 0 Å². The Balaban J connectivity index is 0. The van der Waals surface area contributed by atoms with Crippen LogP contribution in [0.15, 0.2) is 0 Å². The van der Waals surface area contributed by atoms with E-state index in [4.69, 9.17) is 16.2 Å². The molecule has 7 heavy (non-hydrogen) atoms. The summed E-state index contributed by atoms with van der Waals surface area (Å²) in [5, 5.41) is 12.0. The van der Waals surface area contributed by atoms with Gasteiger partial charge in [0.1, 0.15) is 0 Å². The Labute approximate surface area is 43.7 Å². The Morgan fingerprint density at radius 1 is 1.43 bits per heavy atom. The summed E-state index contributed by atoms with van der Waals surface area (Å²) >= 11 is 0. The molecule has 0 bridgehead atoms. The lowest BCUT2D eigenvalue weighted by Crippen LogP contribution is -1.95. The zero-order valence-electron chi connectivity index (χ0n) is 4.59. The van der Waals surface area contributed by atoms with E-state index in [1.54, 1.807) is 0 Å². The van der Waals surface area contributed by atoms with Gasteiger partial charge in [0.15, 0.2) is 0 Å². The normalized spacial score (nSPS) is 6.86. The smallest absolute Gasteiger partial charge is 0.00774 e. The number of unbranched alkanes of at least 4 members (excludes halogenated alkanes) is 1. The maximum Gasteiger partial charge on any atom is -0.00774 e. The van der Waals surface area contributed by atoms with Crippen molar-refractivity contribution < 1.29 is 10.5 Å². The van der Waals surface area contributed by atoms with Gasteiger partial charge in [-0.2, -0.15) is 0 Å². The van der Waals surface area contributed by atoms with Crippen LogP contribution in [0, 0.1) is 0 Å². The van der Waals surface area contributed by atoms with Crippen molar-refractivity contribution in [1.29, 1.82) is 0 Å². The molecule has 46 valence electrons. The number of rotatable bonds is 2. The van der Waals surface area contributed by atoms with E-state index in [0.717, 1.165) is 6.54 Å². The first-order chi connectivity index (χ1) is 3.41. The van der Waals surface area contributed by atoms with Crippen LogP contribution in [0.2, 0.25) is 0 Å². The second kappa shape index (κ2) is 16.9. The zero-order chi connectivity index (χ0) is 6.12. The second-order valence-electron chi connectivity index (χ2n) is 1.14. The summed E-state index contributed by atoms with van der Waals surface area (Å²) < 4.78 is 0. The van der Waals surface area contributed by atoms with Crippen molar-refractivity contribution in [2.24, 2.45) is 5.73 Å². The molecule has 3 nitrogen and oxygen atoms in total. The van der Waals surface area contributed by atoms with Gasteiger partial charge in [0.2, 0.25) is 0 Å². The predicted octanol–water partition coefficient (Wildman–Crippen LogP) is 0.763. The monoisotopic (exact) mass is 107 g/mol. The predicted molar refractivity (Wildman–Crippen MR) is 29.2 cm³/mol. The lowest BCUT2D eigenvalue weighted by Gasteiger charge is -1.80. The summed E-state index contributed by atoms with van der Waals surface area (Å²) in [5.41, 5.74) is 5.14. The number of nitrogens with two attached hydrogens (primary N) is 1. The second-order valence-corrected chi connectivity index (χ2v) is 1.14. The van der Waals surface area contributed by atoms with Gasteiger partial charge in [-0.3, -0.25) is 10.5 Å². The van der Waals surface area contributed by atoms with Crippen LogP contribution in [0.3, 0.4) is 0 Å². The van der Waals surface area contributed by atoms with Crippen LogP contribution < -0.4 is 5.73 Å². The van der Waals surface area contributed by atoms with Gasteiger partial charge < -0.3 is 5.73 Å². The summed E-state index contributed by atoms with van der Waals surface area (Å²) in [5.74, 6) is 0. The largest absolute Gasteiger partial charge is 0.330 e. The molecule has 0 rings (SSSR count). The standard InChI is InChI=1S/C4H11N.H2O2/c1-2-3-4-5;1-2/h2-5H2,1H3;1-2H. The Morgan fingerprint density at radius 3 is 1.86 bits per heavy atom. The number of hydrogen-bond acceptors (Lipinski definition) is 3. The van der Waals surface area contributed by atoms with Gasteiger partial charge in [-0.05, 0) is 13.0 Å². The molecule has 0 atom stereocenters. The molecular formula is C4H13NO2. The molecule has 0 amide bonds. The fourth-order valence-corrected chi connectivity index (χ4v) is 0.204. The molecule has 0 aliphatic carbocycles. The van der Waals surface area contributed by atoms with E-state index in [1.165, 1.54) is 12.8 Å². The van der Waals surface area contributed by atoms with E-state index in [1.807, 2.05) is 0 Å². The highest BCUT2D eigenvalue weighted by atomic mass is 17.0. The Morgan fingerprint density at radius 2 is 1.86 bits per heavy atom. The zero-order valence-corrected chi connectivity index (χ0v) is 4.59. The van der Waals surface area contributed by atoms with E-state index in [-0.39, 0.29) is 0 Å². The molecule has 0 saturated carbocycles. The Hall–Kier alpha value is -0.120. The first kappa shape index (κ1) is 9.99. The molecule has 0 aliphatic heterocycles. The third-order valence-electron chi connectivity index (χ3n) is 0.558. The van der Waals surface area contributed by atoms with Gasteiger partial charge in [0, 0.05) is 0 Å². The van der Waals surface area contributed by atoms with E-state index in [9.17, 15) is 0 Å². The highest BCUT2D eigenvalue weighted by Crippen LogP contribution is 1.77. The molecular weight excluding hydrogens is 94.0 g/mol. The fourth-order valence-electron chi connectivity index (χ4n) is 0.204. The molecule has 0 saturated heterocycles. The van der Waals surface area contributed by atoms with Crippen molar-refractivity contribution in [2.75, 3.05) is 6.54 Å². The highest BCUT2D eigenvalue weighted by molar-refractivity contribution is 4.29. The molecule has 0 unspecified atom stereocenters. The topological polar surface area (TPSA) is 66.5 Å². The average molecular weight is 107 g/mol. The maximum atomic E-state index is 6.00. The summed E-state index contributed by atoms with van der Waals surface area (Å²) in [6.07, 6.45) is 2.39. The van der Waals surface area contributed by atoms with Crippen LogP contribution in [0.4, 0.5) is 0 Å². The summed E-state index contributed by atoms with van der Waals surface area (Å²) in [6.45, 7) is 2.98. The molecule has 0 heterocycles. The van der Waals surface area contributed by atoms with Crippen LogP contribution >= 0.6 is 0 Å². The van der Waals surface area contributed by atoms with Crippen molar-refractivity contribution in [3.63, 3.8) is 0 Å². The first-order valence-corrected chi connectivity index (χ1v) is 2.32. The molecule has 0 aromatic heterocycles. The van der Waals surface area contributed by atoms with Crippen molar-refractivity contribution in [3.8, 4) is 0 Å². The summed E-state index contributed by atoms with van der Waals surface area (Å²) in [7, 11) is 0. The van der Waals surface area contributed by atoms with Crippen molar-refractivity contribution in [1.82, 2.24) is 0 Å². The van der Waals surface area contributed by atoms with Crippen molar-refractivity contribution in [2.45, 2.75) is 19.8 Å². The molecule has 3 heteroatoms. The lowest BCUT2D eigenvalue weighted by molar-refractivity contribution is -0.176. The van der Waals surface area contributed by atoms with Gasteiger partial charge in [-0.25, -0.2) is 0 Å². The van der Waals surface area contributed by atoms with Crippen LogP contribution in [-0.4, -0.2) is 17.1 Å². The van der Waals surface area contributed by atoms with E-state index in [2.05, 4.69) is 6.92 Å². The van der Waals surface area contributed by atoms with Gasteiger partial charge in [0.05, 0.1) is 0 Å². The molecule has 0 radical (unpaired) electrons. The molecule has 0 aromatic carbocycles. The number of hydrogen-bond donors (Lipinski definition) is 3. The van der Waals surface area contributed by atoms with Crippen molar-refractivity contribution in [3.05, 3.63) is 0 Å². The van der Waals surface area contributed by atoms with Crippen molar-refractivity contribution >= 4 is 0 Å². The lowest BCUT2D eigenvalue weighted by atomic mass is 10.3. The Bertz CT molecular complexity index is 17.2. The van der Waals surface area contributed by atoms with Gasteiger partial charge >= 0.3 is 0 Å². The third kappa shape index (κ3) is 25.0. The first-order valence-electron chi connectivity index (χ1n) is 2.32. The van der Waals surface area contributed by atoms with Crippen LogP contribution in [-0.2, 0) is 0 Å². The SMILES string of the molecule is CCCCN.OO. The van der Waals surface area contributed by atoms with E-state index >= 15 is 0 Å². The summed E-state index contributed by atoms with van der Waals surface area (Å²) in [6, 6.07) is 0. The average Bonchev–Trinajstić information content (AvgIpc) is 1.75. The van der Waals surface area contributed by atoms with Gasteiger partial charge in [-0.15, -0.1) is 0 Å². The minimum atomic E-state index is 0.844. The molecule has 0 spiro atoms. The van der Waals surface area contributed by atoms with Gasteiger partial charge in [-0.1, -0.05) is 13.3 Å².